The minimum Gasteiger partial charge on any atom is -0.368 e. The van der Waals surface area contributed by atoms with Crippen molar-refractivity contribution in [2.45, 2.75) is 25.9 Å². The zero-order chi connectivity index (χ0) is 11.3. The predicted molar refractivity (Wildman–Crippen MR) is 61.6 cm³/mol. The van der Waals surface area contributed by atoms with Crippen molar-refractivity contribution in [1.82, 2.24) is 5.32 Å². The van der Waals surface area contributed by atoms with Crippen LogP contribution in [0.5, 0.6) is 0 Å². The summed E-state index contributed by atoms with van der Waals surface area (Å²) in [6, 6.07) is 7.24. The summed E-state index contributed by atoms with van der Waals surface area (Å²) in [7, 11) is 0. The Bertz CT molecular complexity index is 341. The lowest BCUT2D eigenvalue weighted by Crippen LogP contribution is -2.40. The normalized spacial score (nSPS) is 12.4. The molecule has 1 aromatic carbocycles. The zero-order valence-electron chi connectivity index (χ0n) is 8.66. The van der Waals surface area contributed by atoms with Crippen molar-refractivity contribution in [1.29, 1.82) is 0 Å². The smallest absolute Gasteiger partial charge is 0.234 e. The fraction of sp³-hybridized carbons (Fsp3) is 0.364. The van der Waals surface area contributed by atoms with E-state index in [0.29, 0.717) is 18.0 Å². The van der Waals surface area contributed by atoms with Gasteiger partial charge in [-0.05, 0) is 24.1 Å². The molecule has 82 valence electrons. The highest BCUT2D eigenvalue weighted by atomic mass is 35.5. The van der Waals surface area contributed by atoms with Crippen LogP contribution in [0.25, 0.3) is 0 Å². The maximum absolute atomic E-state index is 11.0. The van der Waals surface area contributed by atoms with Crippen molar-refractivity contribution < 1.29 is 4.79 Å². The van der Waals surface area contributed by atoms with E-state index in [0.717, 1.165) is 5.56 Å². The highest BCUT2D eigenvalue weighted by Crippen LogP contribution is 2.10. The van der Waals surface area contributed by atoms with E-state index in [2.05, 4.69) is 5.32 Å². The van der Waals surface area contributed by atoms with Crippen LogP contribution in [0.3, 0.4) is 0 Å². The lowest BCUT2D eigenvalue weighted by Gasteiger charge is -2.12. The predicted octanol–water partition coefficient (Wildman–Crippen LogP) is 1.69. The number of primary amides is 1. The van der Waals surface area contributed by atoms with Crippen LogP contribution in [-0.2, 0) is 11.3 Å². The Morgan fingerprint density at radius 1 is 1.60 bits per heavy atom. The molecule has 4 heteroatoms. The van der Waals surface area contributed by atoms with Crippen LogP contribution < -0.4 is 11.1 Å². The summed E-state index contributed by atoms with van der Waals surface area (Å²) in [5, 5.41) is 3.77. The number of halogens is 1. The lowest BCUT2D eigenvalue weighted by molar-refractivity contribution is -0.120. The second kappa shape index (κ2) is 5.73. The van der Waals surface area contributed by atoms with Gasteiger partial charge in [-0.15, -0.1) is 0 Å². The Morgan fingerprint density at radius 2 is 2.33 bits per heavy atom. The minimum atomic E-state index is -0.320. The molecule has 0 bridgehead atoms. The highest BCUT2D eigenvalue weighted by molar-refractivity contribution is 6.30. The molecule has 1 atom stereocenters. The van der Waals surface area contributed by atoms with Gasteiger partial charge in [-0.25, -0.2) is 0 Å². The Kier molecular flexibility index (Phi) is 4.59. The molecule has 0 saturated heterocycles. The molecule has 0 aliphatic carbocycles. The molecule has 0 aromatic heterocycles. The molecule has 1 rings (SSSR count). The van der Waals surface area contributed by atoms with E-state index < -0.39 is 0 Å². The van der Waals surface area contributed by atoms with Gasteiger partial charge in [-0.2, -0.15) is 0 Å². The second-order valence-electron chi connectivity index (χ2n) is 3.37. The topological polar surface area (TPSA) is 55.1 Å². The summed E-state index contributed by atoms with van der Waals surface area (Å²) in [6.07, 6.45) is 0.690. The van der Waals surface area contributed by atoms with Gasteiger partial charge in [0.05, 0.1) is 6.04 Å². The first-order valence-corrected chi connectivity index (χ1v) is 5.28. The fourth-order valence-corrected chi connectivity index (χ4v) is 1.55. The minimum absolute atomic E-state index is 0.274. The fourth-order valence-electron chi connectivity index (χ4n) is 1.33. The molecule has 0 aliphatic heterocycles. The number of nitrogens with two attached hydrogens (primary N) is 1. The van der Waals surface area contributed by atoms with E-state index in [1.54, 1.807) is 0 Å². The maximum Gasteiger partial charge on any atom is 0.234 e. The van der Waals surface area contributed by atoms with Crippen molar-refractivity contribution in [3.05, 3.63) is 34.9 Å². The Morgan fingerprint density at radius 3 is 2.87 bits per heavy atom. The summed E-state index contributed by atoms with van der Waals surface area (Å²) in [4.78, 5) is 11.0. The summed E-state index contributed by atoms with van der Waals surface area (Å²) in [6.45, 7) is 2.52. The van der Waals surface area contributed by atoms with Crippen LogP contribution in [0, 0.1) is 0 Å². The van der Waals surface area contributed by atoms with Gasteiger partial charge in [0, 0.05) is 11.6 Å². The first kappa shape index (κ1) is 12.0. The Labute approximate surface area is 94.6 Å². The zero-order valence-corrected chi connectivity index (χ0v) is 9.42. The molecule has 3 nitrogen and oxygen atoms in total. The molecular formula is C11H15ClN2O. The molecular weight excluding hydrogens is 212 g/mol. The Balaban J connectivity index is 2.52. The molecule has 0 radical (unpaired) electrons. The number of carbonyl (C=O) groups is 1. The molecule has 1 amide bonds. The molecule has 0 aliphatic rings. The largest absolute Gasteiger partial charge is 0.368 e. The summed E-state index contributed by atoms with van der Waals surface area (Å²) in [5.74, 6) is -0.320. The third-order valence-corrected chi connectivity index (χ3v) is 2.43. The van der Waals surface area contributed by atoms with E-state index >= 15 is 0 Å². The molecule has 0 heterocycles. The summed E-state index contributed by atoms with van der Waals surface area (Å²) in [5.41, 5.74) is 6.26. The molecule has 1 unspecified atom stereocenters. The quantitative estimate of drug-likeness (QED) is 0.803. The van der Waals surface area contributed by atoms with Gasteiger partial charge in [0.25, 0.3) is 0 Å². The SMILES string of the molecule is CCC(NCc1cccc(Cl)c1)C(N)=O. The van der Waals surface area contributed by atoms with Crippen molar-refractivity contribution in [3.8, 4) is 0 Å². The van der Waals surface area contributed by atoms with Crippen LogP contribution in [0.1, 0.15) is 18.9 Å². The van der Waals surface area contributed by atoms with Crippen molar-refractivity contribution in [2.75, 3.05) is 0 Å². The monoisotopic (exact) mass is 226 g/mol. The van der Waals surface area contributed by atoms with Gasteiger partial charge in [0.2, 0.25) is 5.91 Å². The van der Waals surface area contributed by atoms with Gasteiger partial charge in [-0.3, -0.25) is 4.79 Å². The first-order chi connectivity index (χ1) is 7.13. The number of nitrogens with one attached hydrogen (secondary N) is 1. The van der Waals surface area contributed by atoms with Gasteiger partial charge < -0.3 is 11.1 Å². The number of benzene rings is 1. The van der Waals surface area contributed by atoms with E-state index in [9.17, 15) is 4.79 Å². The number of hydrogen-bond acceptors (Lipinski definition) is 2. The van der Waals surface area contributed by atoms with Crippen LogP contribution in [0.15, 0.2) is 24.3 Å². The van der Waals surface area contributed by atoms with Crippen molar-refractivity contribution >= 4 is 17.5 Å². The number of hydrogen-bond donors (Lipinski definition) is 2. The molecule has 1 aromatic rings. The molecule has 3 N–H and O–H groups in total. The average Bonchev–Trinajstić information content (AvgIpc) is 2.18. The highest BCUT2D eigenvalue weighted by Gasteiger charge is 2.11. The van der Waals surface area contributed by atoms with E-state index in [4.69, 9.17) is 17.3 Å². The van der Waals surface area contributed by atoms with Crippen molar-refractivity contribution in [2.24, 2.45) is 5.73 Å². The molecule has 0 fully saturated rings. The first-order valence-electron chi connectivity index (χ1n) is 4.90. The summed E-state index contributed by atoms with van der Waals surface area (Å²) >= 11 is 5.84. The van der Waals surface area contributed by atoms with Gasteiger partial charge in [-0.1, -0.05) is 30.7 Å². The standard InChI is InChI=1S/C11H15ClN2O/c1-2-10(11(13)15)14-7-8-4-3-5-9(12)6-8/h3-6,10,14H,2,7H2,1H3,(H2,13,15). The lowest BCUT2D eigenvalue weighted by atomic mass is 10.2. The van der Waals surface area contributed by atoms with Crippen LogP contribution in [0.4, 0.5) is 0 Å². The van der Waals surface area contributed by atoms with Gasteiger partial charge in [0.1, 0.15) is 0 Å². The maximum atomic E-state index is 11.0. The van der Waals surface area contributed by atoms with Crippen LogP contribution >= 0.6 is 11.6 Å². The Hall–Kier alpha value is -1.06. The van der Waals surface area contributed by atoms with Gasteiger partial charge >= 0.3 is 0 Å². The van der Waals surface area contributed by atoms with E-state index in [-0.39, 0.29) is 11.9 Å². The summed E-state index contributed by atoms with van der Waals surface area (Å²) < 4.78 is 0. The van der Waals surface area contributed by atoms with E-state index in [1.165, 1.54) is 0 Å². The van der Waals surface area contributed by atoms with Crippen LogP contribution in [0.2, 0.25) is 5.02 Å². The molecule has 15 heavy (non-hydrogen) atoms. The third-order valence-electron chi connectivity index (χ3n) is 2.19. The number of rotatable bonds is 5. The van der Waals surface area contributed by atoms with Crippen molar-refractivity contribution in [3.63, 3.8) is 0 Å². The molecule has 0 saturated carbocycles. The van der Waals surface area contributed by atoms with Gasteiger partial charge in [0.15, 0.2) is 0 Å². The second-order valence-corrected chi connectivity index (χ2v) is 3.81. The van der Waals surface area contributed by atoms with E-state index in [1.807, 2.05) is 31.2 Å². The number of amides is 1. The average molecular weight is 227 g/mol. The molecule has 0 spiro atoms. The van der Waals surface area contributed by atoms with Crippen LogP contribution in [-0.4, -0.2) is 11.9 Å². The number of carbonyl (C=O) groups excluding carboxylic acids is 1. The third kappa shape index (κ3) is 3.90.